The molecule has 156 valence electrons. The summed E-state index contributed by atoms with van der Waals surface area (Å²) in [6.45, 7) is 5.42. The average molecular weight is 445 g/mol. The first-order valence-electron chi connectivity index (χ1n) is 8.26. The van der Waals surface area contributed by atoms with Crippen molar-refractivity contribution in [2.45, 2.75) is 44.1 Å². The first-order chi connectivity index (χ1) is 13.5. The molecule has 0 bridgehead atoms. The van der Waals surface area contributed by atoms with Gasteiger partial charge in [-0.25, -0.2) is 18.8 Å². The number of nitriles is 1. The Kier molecular flexibility index (Phi) is 6.76. The lowest BCUT2D eigenvalue weighted by atomic mass is 9.98. The van der Waals surface area contributed by atoms with E-state index < -0.39 is 63.8 Å². The van der Waals surface area contributed by atoms with Crippen LogP contribution in [0, 0.1) is 11.5 Å². The molecule has 2 rings (SSSR count). The molecule has 0 saturated carbocycles. The maximum Gasteiger partial charge on any atom is 0.334 e. The average Bonchev–Trinajstić information content (AvgIpc) is 2.95. The summed E-state index contributed by atoms with van der Waals surface area (Å²) in [6.07, 6.45) is 1.55. The van der Waals surface area contributed by atoms with E-state index in [1.165, 1.54) is 13.1 Å². The van der Waals surface area contributed by atoms with E-state index in [0.717, 1.165) is 16.7 Å². The molecule has 2 aliphatic heterocycles. The molecular weight excluding hydrogens is 428 g/mol. The van der Waals surface area contributed by atoms with Crippen molar-refractivity contribution >= 4 is 50.3 Å². The SMILES string of the molecule is C=C(C)C(C(=O)OCN1C(=O)CCC1=O)N1C(=O)C(N(C#N)C(C)=O)C1S(=O)Cl. The van der Waals surface area contributed by atoms with Crippen molar-refractivity contribution in [3.05, 3.63) is 12.2 Å². The minimum Gasteiger partial charge on any atom is -0.442 e. The number of β-lactam (4-membered cyclic amide) rings is 1. The predicted molar refractivity (Wildman–Crippen MR) is 97.2 cm³/mol. The number of nitrogens with zero attached hydrogens (tertiary/aromatic N) is 4. The van der Waals surface area contributed by atoms with Gasteiger partial charge in [0.25, 0.3) is 5.91 Å². The molecule has 2 aliphatic rings. The molecule has 0 aromatic heterocycles. The highest BCUT2D eigenvalue weighted by Crippen LogP contribution is 2.33. The van der Waals surface area contributed by atoms with E-state index in [1.54, 1.807) is 0 Å². The predicted octanol–water partition coefficient (Wildman–Crippen LogP) is -0.650. The Bertz CT molecular complexity index is 854. The summed E-state index contributed by atoms with van der Waals surface area (Å²) in [7, 11) is 3.41. The Morgan fingerprint density at radius 3 is 2.31 bits per heavy atom. The van der Waals surface area contributed by atoms with E-state index in [1.807, 2.05) is 0 Å². The smallest absolute Gasteiger partial charge is 0.334 e. The second-order valence-corrected chi connectivity index (χ2v) is 8.27. The Labute approximate surface area is 172 Å². The molecule has 0 radical (unpaired) electrons. The normalized spacial score (nSPS) is 23.2. The van der Waals surface area contributed by atoms with Gasteiger partial charge < -0.3 is 9.64 Å². The highest BCUT2D eigenvalue weighted by atomic mass is 35.7. The van der Waals surface area contributed by atoms with Crippen molar-refractivity contribution in [1.29, 1.82) is 5.26 Å². The summed E-state index contributed by atoms with van der Waals surface area (Å²) in [5.74, 6) is -3.64. The number of ether oxygens (including phenoxy) is 1. The third-order valence-electron chi connectivity index (χ3n) is 4.43. The van der Waals surface area contributed by atoms with Crippen molar-refractivity contribution in [1.82, 2.24) is 14.7 Å². The van der Waals surface area contributed by atoms with Gasteiger partial charge in [0.1, 0.15) is 10.0 Å². The first-order valence-corrected chi connectivity index (χ1v) is 10.3. The Morgan fingerprint density at radius 2 is 1.90 bits per heavy atom. The van der Waals surface area contributed by atoms with Gasteiger partial charge in [-0.2, -0.15) is 5.26 Å². The third-order valence-corrected chi connectivity index (χ3v) is 5.84. The maximum atomic E-state index is 12.6. The van der Waals surface area contributed by atoms with Gasteiger partial charge in [0.05, 0.1) is 0 Å². The Balaban J connectivity index is 2.23. The monoisotopic (exact) mass is 444 g/mol. The summed E-state index contributed by atoms with van der Waals surface area (Å²) >= 11 is 0. The summed E-state index contributed by atoms with van der Waals surface area (Å²) in [5, 5.41) is 7.75. The summed E-state index contributed by atoms with van der Waals surface area (Å²) in [4.78, 5) is 62.1. The van der Waals surface area contributed by atoms with Gasteiger partial charge in [-0.1, -0.05) is 6.58 Å². The zero-order valence-electron chi connectivity index (χ0n) is 15.5. The number of likely N-dealkylation sites (tertiary alicyclic amines) is 2. The molecule has 0 spiro atoms. The Hall–Kier alpha value is -2.78. The van der Waals surface area contributed by atoms with Crippen LogP contribution in [0.15, 0.2) is 12.2 Å². The molecule has 4 amide bonds. The molecule has 4 unspecified atom stereocenters. The number of carbonyl (C=O) groups excluding carboxylic acids is 5. The van der Waals surface area contributed by atoms with E-state index in [4.69, 9.17) is 20.7 Å². The molecule has 0 aliphatic carbocycles. The van der Waals surface area contributed by atoms with Crippen LogP contribution < -0.4 is 0 Å². The number of esters is 1. The van der Waals surface area contributed by atoms with E-state index in [0.29, 0.717) is 4.90 Å². The summed E-state index contributed by atoms with van der Waals surface area (Å²) < 4.78 is 17.0. The topological polar surface area (TPSA) is 145 Å². The van der Waals surface area contributed by atoms with Crippen LogP contribution in [0.3, 0.4) is 0 Å². The van der Waals surface area contributed by atoms with Crippen LogP contribution in [0.25, 0.3) is 0 Å². The molecule has 29 heavy (non-hydrogen) atoms. The van der Waals surface area contributed by atoms with E-state index >= 15 is 0 Å². The van der Waals surface area contributed by atoms with Crippen LogP contribution in [0.2, 0.25) is 0 Å². The highest BCUT2D eigenvalue weighted by Gasteiger charge is 2.59. The largest absolute Gasteiger partial charge is 0.442 e. The molecule has 13 heteroatoms. The fourth-order valence-electron chi connectivity index (χ4n) is 3.03. The highest BCUT2D eigenvalue weighted by molar-refractivity contribution is 8.08. The molecule has 2 heterocycles. The lowest BCUT2D eigenvalue weighted by Gasteiger charge is -2.49. The van der Waals surface area contributed by atoms with Gasteiger partial charge in [0.15, 0.2) is 30.4 Å². The molecule has 0 aromatic rings. The fraction of sp³-hybridized carbons (Fsp3) is 0.500. The van der Waals surface area contributed by atoms with Crippen molar-refractivity contribution in [3.63, 3.8) is 0 Å². The van der Waals surface area contributed by atoms with Crippen LogP contribution in [-0.4, -0.2) is 72.7 Å². The van der Waals surface area contributed by atoms with Crippen LogP contribution in [-0.2, 0) is 38.7 Å². The number of amides is 4. The number of halogens is 1. The maximum absolute atomic E-state index is 12.6. The van der Waals surface area contributed by atoms with Crippen molar-refractivity contribution < 1.29 is 32.9 Å². The quantitative estimate of drug-likeness (QED) is 0.0957. The lowest BCUT2D eigenvalue weighted by molar-refractivity contribution is -0.170. The first kappa shape index (κ1) is 22.5. The van der Waals surface area contributed by atoms with Gasteiger partial charge in [-0.3, -0.25) is 19.2 Å². The third kappa shape index (κ3) is 4.15. The fourth-order valence-corrected chi connectivity index (χ4v) is 4.42. The number of rotatable bonds is 7. The zero-order chi connectivity index (χ0) is 22.0. The molecular formula is C16H17ClN4O7S. The van der Waals surface area contributed by atoms with Crippen molar-refractivity contribution in [2.24, 2.45) is 0 Å². The molecule has 0 N–H and O–H groups in total. The lowest BCUT2D eigenvalue weighted by Crippen LogP contribution is -2.74. The zero-order valence-corrected chi connectivity index (χ0v) is 17.1. The van der Waals surface area contributed by atoms with Gasteiger partial charge in [-0.15, -0.1) is 0 Å². The molecule has 0 aromatic carbocycles. The molecule has 2 saturated heterocycles. The van der Waals surface area contributed by atoms with E-state index in [9.17, 15) is 28.2 Å². The van der Waals surface area contributed by atoms with Crippen LogP contribution in [0.1, 0.15) is 26.7 Å². The number of carbonyl (C=O) groups is 5. The van der Waals surface area contributed by atoms with Gasteiger partial charge in [0.2, 0.25) is 17.7 Å². The van der Waals surface area contributed by atoms with E-state index in [2.05, 4.69) is 6.58 Å². The van der Waals surface area contributed by atoms with Gasteiger partial charge in [0, 0.05) is 19.8 Å². The molecule has 4 atom stereocenters. The van der Waals surface area contributed by atoms with Crippen LogP contribution in [0.4, 0.5) is 0 Å². The van der Waals surface area contributed by atoms with Crippen LogP contribution in [0.5, 0.6) is 0 Å². The molecule has 2 fully saturated rings. The number of hydrogen-bond acceptors (Lipinski definition) is 8. The number of hydrogen-bond donors (Lipinski definition) is 0. The van der Waals surface area contributed by atoms with Crippen molar-refractivity contribution in [3.8, 4) is 6.19 Å². The summed E-state index contributed by atoms with van der Waals surface area (Å²) in [5.41, 5.74) is 0.124. The second kappa shape index (κ2) is 8.71. The van der Waals surface area contributed by atoms with Gasteiger partial charge >= 0.3 is 5.97 Å². The standard InChI is InChI=1S/C16H17ClN4O7S/c1-8(2)12(16(26)28-7-20-10(23)4-5-11(20)24)21-14(25)13(15(21)29(17)27)19(6-18)9(3)22/h12-13,15H,1,4-5,7H2,2-3H3. The van der Waals surface area contributed by atoms with Crippen molar-refractivity contribution in [2.75, 3.05) is 6.73 Å². The van der Waals surface area contributed by atoms with E-state index in [-0.39, 0.29) is 18.4 Å². The molecule has 11 nitrogen and oxygen atoms in total. The minimum absolute atomic E-state index is 0.00886. The van der Waals surface area contributed by atoms with Crippen LogP contribution >= 0.6 is 10.7 Å². The summed E-state index contributed by atoms with van der Waals surface area (Å²) in [6, 6.07) is -2.88. The minimum atomic E-state index is -2.25. The second-order valence-electron chi connectivity index (χ2n) is 6.38. The van der Waals surface area contributed by atoms with Gasteiger partial charge in [-0.05, 0) is 23.2 Å². The number of imide groups is 1. The Morgan fingerprint density at radius 1 is 1.34 bits per heavy atom.